The van der Waals surface area contributed by atoms with E-state index >= 15 is 0 Å². The summed E-state index contributed by atoms with van der Waals surface area (Å²) in [5.41, 5.74) is 0.743. The van der Waals surface area contributed by atoms with Gasteiger partial charge in [-0.15, -0.1) is 0 Å². The molecular weight excluding hydrogens is 408 g/mol. The fraction of sp³-hybridized carbons (Fsp3) is 0.0476. The number of aliphatic hydroxyl groups is 1. The summed E-state index contributed by atoms with van der Waals surface area (Å²) in [7, 11) is -3.92. The molecular formula is C21H16N2O6S. The van der Waals surface area contributed by atoms with E-state index in [4.69, 9.17) is 9.56 Å². The Hall–Kier alpha value is -3.69. The summed E-state index contributed by atoms with van der Waals surface area (Å²) >= 11 is 0. The zero-order chi connectivity index (χ0) is 21.5. The molecule has 1 unspecified atom stereocenters. The van der Waals surface area contributed by atoms with Crippen molar-refractivity contribution in [2.75, 3.05) is 4.90 Å². The van der Waals surface area contributed by atoms with Crippen molar-refractivity contribution >= 4 is 27.4 Å². The number of anilines is 1. The summed E-state index contributed by atoms with van der Waals surface area (Å²) in [6.45, 7) is 0. The molecule has 0 saturated heterocycles. The molecule has 8 nitrogen and oxygen atoms in total. The average molecular weight is 424 g/mol. The second-order valence-electron chi connectivity index (χ2n) is 6.60. The van der Waals surface area contributed by atoms with Crippen LogP contribution in [-0.2, 0) is 14.8 Å². The van der Waals surface area contributed by atoms with Gasteiger partial charge in [0, 0.05) is 5.69 Å². The van der Waals surface area contributed by atoms with Gasteiger partial charge in [0.15, 0.2) is 11.5 Å². The number of sulfonamides is 1. The highest BCUT2D eigenvalue weighted by atomic mass is 32.2. The molecule has 2 aromatic carbocycles. The maximum atomic E-state index is 13.0. The van der Waals surface area contributed by atoms with Crippen LogP contribution in [0.2, 0.25) is 0 Å². The first-order chi connectivity index (χ1) is 14.3. The van der Waals surface area contributed by atoms with Crippen molar-refractivity contribution in [3.63, 3.8) is 0 Å². The number of benzene rings is 2. The fourth-order valence-corrected chi connectivity index (χ4v) is 3.91. The Morgan fingerprint density at radius 3 is 2.23 bits per heavy atom. The molecule has 0 radical (unpaired) electrons. The molecule has 1 aliphatic rings. The number of Topliss-reactive ketones (excluding diaryl/α,β-unsaturated/α-hetero) is 1. The normalized spacial score (nSPS) is 16.9. The summed E-state index contributed by atoms with van der Waals surface area (Å²) in [6, 6.07) is 16.0. The first-order valence-electron chi connectivity index (χ1n) is 8.81. The quantitative estimate of drug-likeness (QED) is 0.606. The van der Waals surface area contributed by atoms with E-state index in [0.717, 1.165) is 0 Å². The van der Waals surface area contributed by atoms with Gasteiger partial charge in [0.2, 0.25) is 15.8 Å². The number of nitrogens with zero attached hydrogens (tertiary/aromatic N) is 1. The lowest BCUT2D eigenvalue weighted by molar-refractivity contribution is -0.117. The molecule has 30 heavy (non-hydrogen) atoms. The number of amides is 1. The number of primary sulfonamides is 1. The van der Waals surface area contributed by atoms with Crippen LogP contribution >= 0.6 is 0 Å². The van der Waals surface area contributed by atoms with E-state index in [0.29, 0.717) is 5.56 Å². The minimum absolute atomic E-state index is 0.0169. The molecule has 152 valence electrons. The zero-order valence-corrected chi connectivity index (χ0v) is 16.2. The van der Waals surface area contributed by atoms with Crippen LogP contribution in [0.1, 0.15) is 22.2 Å². The van der Waals surface area contributed by atoms with Gasteiger partial charge < -0.3 is 9.52 Å². The van der Waals surface area contributed by atoms with Crippen LogP contribution < -0.4 is 10.0 Å². The lowest BCUT2D eigenvalue weighted by Gasteiger charge is -2.26. The SMILES string of the molecule is NS(=O)(=O)c1ccc(N2C(=O)C(O)=C(C(=O)c3ccco3)C2c2ccccc2)cc1. The second-order valence-corrected chi connectivity index (χ2v) is 8.16. The van der Waals surface area contributed by atoms with E-state index in [-0.39, 0.29) is 21.9 Å². The molecule has 0 aliphatic carbocycles. The van der Waals surface area contributed by atoms with Crippen LogP contribution in [0.4, 0.5) is 5.69 Å². The Labute approximate surface area is 171 Å². The number of carbonyl (C=O) groups is 2. The number of nitrogens with two attached hydrogens (primary N) is 1. The molecule has 0 spiro atoms. The van der Waals surface area contributed by atoms with E-state index in [1.807, 2.05) is 0 Å². The molecule has 4 rings (SSSR count). The molecule has 1 amide bonds. The van der Waals surface area contributed by atoms with Crippen molar-refractivity contribution in [2.24, 2.45) is 5.14 Å². The average Bonchev–Trinajstić information content (AvgIpc) is 3.35. The van der Waals surface area contributed by atoms with Crippen LogP contribution in [0.5, 0.6) is 0 Å². The van der Waals surface area contributed by atoms with Crippen LogP contribution in [0.25, 0.3) is 0 Å². The highest BCUT2D eigenvalue weighted by Gasteiger charge is 2.45. The summed E-state index contributed by atoms with van der Waals surface area (Å²) in [6.07, 6.45) is 1.32. The lowest BCUT2D eigenvalue weighted by atomic mass is 9.95. The first-order valence-corrected chi connectivity index (χ1v) is 10.4. The van der Waals surface area contributed by atoms with Crippen molar-refractivity contribution in [1.82, 2.24) is 0 Å². The van der Waals surface area contributed by atoms with Gasteiger partial charge in [-0.3, -0.25) is 14.5 Å². The van der Waals surface area contributed by atoms with Gasteiger partial charge in [-0.2, -0.15) is 0 Å². The zero-order valence-electron chi connectivity index (χ0n) is 15.4. The van der Waals surface area contributed by atoms with Crippen LogP contribution in [0, 0.1) is 0 Å². The molecule has 1 aliphatic heterocycles. The van der Waals surface area contributed by atoms with E-state index in [9.17, 15) is 23.1 Å². The topological polar surface area (TPSA) is 131 Å². The van der Waals surface area contributed by atoms with Crippen molar-refractivity contribution in [1.29, 1.82) is 0 Å². The third kappa shape index (κ3) is 3.30. The fourth-order valence-electron chi connectivity index (χ4n) is 3.39. The van der Waals surface area contributed by atoms with Crippen molar-refractivity contribution in [3.05, 3.63) is 95.6 Å². The van der Waals surface area contributed by atoms with Gasteiger partial charge in [0.05, 0.1) is 22.8 Å². The molecule has 3 aromatic rings. The van der Waals surface area contributed by atoms with Gasteiger partial charge in [0.1, 0.15) is 0 Å². The minimum atomic E-state index is -3.92. The maximum absolute atomic E-state index is 13.0. The number of furan rings is 1. The Bertz CT molecular complexity index is 1250. The number of hydrogen-bond acceptors (Lipinski definition) is 6. The van der Waals surface area contributed by atoms with E-state index in [1.54, 1.807) is 30.3 Å². The summed E-state index contributed by atoms with van der Waals surface area (Å²) in [5, 5.41) is 15.7. The standard InChI is InChI=1S/C21H16N2O6S/c22-30(27,28)15-10-8-14(9-11-15)23-18(13-5-2-1-3-6-13)17(20(25)21(23)26)19(24)16-7-4-12-29-16/h1-12,18,25H,(H2,22,27,28). The highest BCUT2D eigenvalue weighted by Crippen LogP contribution is 2.42. The number of hydrogen-bond donors (Lipinski definition) is 2. The third-order valence-electron chi connectivity index (χ3n) is 4.76. The van der Waals surface area contributed by atoms with Crippen molar-refractivity contribution in [3.8, 4) is 0 Å². The summed E-state index contributed by atoms with van der Waals surface area (Å²) in [5.74, 6) is -2.12. The largest absolute Gasteiger partial charge is 0.503 e. The van der Waals surface area contributed by atoms with Crippen LogP contribution in [0.15, 0.2) is 93.6 Å². The number of rotatable bonds is 5. The minimum Gasteiger partial charge on any atom is -0.503 e. The van der Waals surface area contributed by atoms with Gasteiger partial charge in [-0.1, -0.05) is 30.3 Å². The van der Waals surface area contributed by atoms with E-state index < -0.39 is 33.5 Å². The van der Waals surface area contributed by atoms with Gasteiger partial charge >= 0.3 is 0 Å². The first kappa shape index (κ1) is 19.6. The Kier molecular flexibility index (Phi) is 4.76. The third-order valence-corrected chi connectivity index (χ3v) is 5.69. The Balaban J connectivity index is 1.85. The predicted molar refractivity (Wildman–Crippen MR) is 107 cm³/mol. The Morgan fingerprint density at radius 1 is 1.00 bits per heavy atom. The molecule has 2 heterocycles. The molecule has 3 N–H and O–H groups in total. The molecule has 1 atom stereocenters. The molecule has 0 saturated carbocycles. The molecule has 1 aromatic heterocycles. The predicted octanol–water partition coefficient (Wildman–Crippen LogP) is 2.71. The van der Waals surface area contributed by atoms with E-state index in [1.165, 1.54) is 47.6 Å². The number of ketones is 1. The van der Waals surface area contributed by atoms with Crippen molar-refractivity contribution < 1.29 is 27.5 Å². The molecule has 0 fully saturated rings. The highest BCUT2D eigenvalue weighted by molar-refractivity contribution is 7.89. The van der Waals surface area contributed by atoms with E-state index in [2.05, 4.69) is 0 Å². The molecule has 0 bridgehead atoms. The number of aliphatic hydroxyl groups excluding tert-OH is 1. The van der Waals surface area contributed by atoms with Gasteiger partial charge in [0.25, 0.3) is 5.91 Å². The summed E-state index contributed by atoms with van der Waals surface area (Å²) < 4.78 is 28.2. The second kappa shape index (κ2) is 7.29. The lowest BCUT2D eigenvalue weighted by Crippen LogP contribution is -2.31. The van der Waals surface area contributed by atoms with Crippen LogP contribution in [-0.4, -0.2) is 25.2 Å². The monoisotopic (exact) mass is 424 g/mol. The summed E-state index contributed by atoms with van der Waals surface area (Å²) in [4.78, 5) is 27.1. The van der Waals surface area contributed by atoms with Gasteiger partial charge in [-0.05, 0) is 42.0 Å². The number of carbonyl (C=O) groups excluding carboxylic acids is 2. The van der Waals surface area contributed by atoms with Crippen molar-refractivity contribution in [2.45, 2.75) is 10.9 Å². The molecule has 9 heteroatoms. The Morgan fingerprint density at radius 2 is 1.67 bits per heavy atom. The smallest absolute Gasteiger partial charge is 0.294 e. The van der Waals surface area contributed by atoms with Gasteiger partial charge in [-0.25, -0.2) is 13.6 Å². The maximum Gasteiger partial charge on any atom is 0.294 e. The van der Waals surface area contributed by atoms with Crippen LogP contribution in [0.3, 0.4) is 0 Å².